The molecule has 33 heavy (non-hydrogen) atoms. The van der Waals surface area contributed by atoms with Crippen molar-refractivity contribution in [2.24, 2.45) is 0 Å². The first-order valence-electron chi connectivity index (χ1n) is 9.97. The molecule has 7 nitrogen and oxygen atoms in total. The van der Waals surface area contributed by atoms with E-state index in [1.54, 1.807) is 13.1 Å². The van der Waals surface area contributed by atoms with Crippen molar-refractivity contribution in [3.05, 3.63) is 83.8 Å². The van der Waals surface area contributed by atoms with E-state index >= 15 is 0 Å². The topological polar surface area (TPSA) is 84.4 Å². The van der Waals surface area contributed by atoms with Crippen molar-refractivity contribution in [1.29, 1.82) is 0 Å². The van der Waals surface area contributed by atoms with Gasteiger partial charge in [0.25, 0.3) is 15.0 Å². The van der Waals surface area contributed by atoms with E-state index in [1.165, 1.54) is 54.5 Å². The van der Waals surface area contributed by atoms with Gasteiger partial charge in [-0.25, -0.2) is 22.6 Å². The number of rotatable bonds is 4. The van der Waals surface area contributed by atoms with E-state index in [0.717, 1.165) is 5.56 Å². The van der Waals surface area contributed by atoms with E-state index in [-0.39, 0.29) is 21.0 Å². The second kappa shape index (κ2) is 8.33. The number of carbonyl (C=O) groups is 2. The van der Waals surface area contributed by atoms with Gasteiger partial charge in [0, 0.05) is 47.4 Å². The van der Waals surface area contributed by atoms with Crippen LogP contribution in [0.25, 0.3) is 0 Å². The lowest BCUT2D eigenvalue weighted by atomic mass is 9.93. The van der Waals surface area contributed by atoms with Gasteiger partial charge in [-0.2, -0.15) is 4.48 Å². The number of benzene rings is 2. The maximum atomic E-state index is 13.9. The Labute approximate surface area is 195 Å². The molecule has 1 aromatic heterocycles. The summed E-state index contributed by atoms with van der Waals surface area (Å²) in [5.74, 6) is -1.17. The summed E-state index contributed by atoms with van der Waals surface area (Å²) in [5, 5.41) is -0.322. The Morgan fingerprint density at radius 1 is 1.12 bits per heavy atom. The van der Waals surface area contributed by atoms with Gasteiger partial charge in [0.2, 0.25) is 0 Å². The number of pyridine rings is 1. The van der Waals surface area contributed by atoms with Gasteiger partial charge in [0.15, 0.2) is 16.8 Å². The average molecular weight is 489 g/mol. The van der Waals surface area contributed by atoms with Crippen LogP contribution >= 0.6 is 10.7 Å². The van der Waals surface area contributed by atoms with Gasteiger partial charge >= 0.3 is 5.91 Å². The largest absolute Gasteiger partial charge is 0.346 e. The maximum absolute atomic E-state index is 13.9. The zero-order valence-electron chi connectivity index (χ0n) is 17.8. The minimum Gasteiger partial charge on any atom is -0.325 e. The van der Waals surface area contributed by atoms with Gasteiger partial charge in [-0.15, -0.1) is 0 Å². The maximum Gasteiger partial charge on any atom is 0.346 e. The fourth-order valence-corrected chi connectivity index (χ4v) is 4.80. The van der Waals surface area contributed by atoms with Crippen LogP contribution in [0, 0.1) is 5.82 Å². The van der Waals surface area contributed by atoms with E-state index in [9.17, 15) is 22.4 Å². The summed E-state index contributed by atoms with van der Waals surface area (Å²) in [6, 6.07) is 14.4. The predicted octanol–water partition coefficient (Wildman–Crippen LogP) is 3.64. The van der Waals surface area contributed by atoms with Crippen LogP contribution in [0.4, 0.5) is 15.8 Å². The normalized spacial score (nSPS) is 20.2. The highest BCUT2D eigenvalue weighted by atomic mass is 35.7. The second-order valence-electron chi connectivity index (χ2n) is 7.91. The molecular weight excluding hydrogens is 469 g/mol. The number of nitrogens with zero attached hydrogens (tertiary/aromatic N) is 3. The third kappa shape index (κ3) is 4.03. The first kappa shape index (κ1) is 23.0. The van der Waals surface area contributed by atoms with Crippen LogP contribution in [0.15, 0.2) is 71.9 Å². The van der Waals surface area contributed by atoms with E-state index in [0.29, 0.717) is 17.8 Å². The van der Waals surface area contributed by atoms with E-state index in [4.69, 9.17) is 10.7 Å². The van der Waals surface area contributed by atoms with Gasteiger partial charge in [0.05, 0.1) is 13.2 Å². The van der Waals surface area contributed by atoms with Crippen molar-refractivity contribution >= 4 is 42.9 Å². The number of likely N-dealkylation sites (N-methyl/N-ethyl adjacent to an activating group) is 2. The van der Waals surface area contributed by atoms with Crippen molar-refractivity contribution in [2.75, 3.05) is 14.1 Å². The molecule has 0 spiro atoms. The molecule has 1 unspecified atom stereocenters. The Morgan fingerprint density at radius 3 is 2.39 bits per heavy atom. The number of fused-ring (bicyclic) bond motifs is 1. The molecule has 0 fully saturated rings. The second-order valence-corrected chi connectivity index (χ2v) is 10.4. The summed E-state index contributed by atoms with van der Waals surface area (Å²) in [5.41, 5.74) is 2.24. The van der Waals surface area contributed by atoms with E-state index in [1.807, 2.05) is 18.2 Å². The molecule has 2 heterocycles. The number of hydrogen-bond acceptors (Lipinski definition) is 5. The lowest BCUT2D eigenvalue weighted by Gasteiger charge is -2.41. The molecule has 170 valence electrons. The van der Waals surface area contributed by atoms with Crippen LogP contribution < -0.4 is 4.48 Å². The zero-order valence-corrected chi connectivity index (χ0v) is 19.3. The van der Waals surface area contributed by atoms with E-state index < -0.39 is 26.8 Å². The highest BCUT2D eigenvalue weighted by molar-refractivity contribution is 8.13. The zero-order chi connectivity index (χ0) is 24.0. The molecule has 0 saturated heterocycles. The Kier molecular flexibility index (Phi) is 5.81. The quantitative estimate of drug-likeness (QED) is 0.413. The standard InChI is InChI=1S/C23H20ClFN3O4S/c1-27(22(29)15-7-9-17(25)10-8-15)19-13-16-5-3-4-6-20(16)28(2,23(19)30)18-11-12-21(26-14-18)33(24,31)32/h3-12,14,19H,13H2,1-2H3/q+1/t19-,28?/m0/s1. The van der Waals surface area contributed by atoms with Crippen LogP contribution in [-0.2, 0) is 20.3 Å². The number of hydrogen-bond donors (Lipinski definition) is 0. The van der Waals surface area contributed by atoms with Crippen LogP contribution in [-0.4, -0.2) is 50.3 Å². The van der Waals surface area contributed by atoms with Gasteiger partial charge in [-0.3, -0.25) is 4.79 Å². The molecule has 1 aliphatic rings. The highest BCUT2D eigenvalue weighted by Gasteiger charge is 2.50. The first-order valence-corrected chi connectivity index (χ1v) is 12.3. The van der Waals surface area contributed by atoms with Crippen molar-refractivity contribution in [3.63, 3.8) is 0 Å². The minimum atomic E-state index is -4.02. The van der Waals surface area contributed by atoms with Crippen molar-refractivity contribution in [1.82, 2.24) is 14.4 Å². The number of quaternary nitrogens is 1. The predicted molar refractivity (Wildman–Crippen MR) is 122 cm³/mol. The number of halogens is 2. The average Bonchev–Trinajstić information content (AvgIpc) is 2.80. The Balaban J connectivity index is 1.78. The molecular formula is C23H20ClFN3O4S+. The third-order valence-corrected chi connectivity index (χ3v) is 7.19. The Hall–Kier alpha value is -3.14. The molecule has 0 N–H and O–H groups in total. The van der Waals surface area contributed by atoms with Gasteiger partial charge in [0.1, 0.15) is 11.5 Å². The summed E-state index contributed by atoms with van der Waals surface area (Å²) in [6.07, 6.45) is 1.60. The summed E-state index contributed by atoms with van der Waals surface area (Å²) >= 11 is 0. The van der Waals surface area contributed by atoms with Gasteiger partial charge in [-0.05, 0) is 30.3 Å². The fourth-order valence-electron chi connectivity index (χ4n) is 4.12. The molecule has 0 aliphatic carbocycles. The Bertz CT molecular complexity index is 1350. The Morgan fingerprint density at radius 2 is 1.79 bits per heavy atom. The molecule has 0 saturated carbocycles. The lowest BCUT2D eigenvalue weighted by Crippen LogP contribution is -2.60. The fraction of sp³-hybridized carbons (Fsp3) is 0.174. The van der Waals surface area contributed by atoms with Crippen LogP contribution in [0.1, 0.15) is 15.9 Å². The molecule has 0 radical (unpaired) electrons. The molecule has 3 aromatic rings. The van der Waals surface area contributed by atoms with Gasteiger partial charge in [-0.1, -0.05) is 18.2 Å². The first-order chi connectivity index (χ1) is 15.5. The van der Waals surface area contributed by atoms with Crippen LogP contribution in [0.5, 0.6) is 0 Å². The molecule has 4 rings (SSSR count). The van der Waals surface area contributed by atoms with Crippen molar-refractivity contribution < 1.29 is 22.4 Å². The summed E-state index contributed by atoms with van der Waals surface area (Å²) in [4.78, 5) is 32.2. The third-order valence-electron chi connectivity index (χ3n) is 5.98. The smallest absolute Gasteiger partial charge is 0.325 e. The monoisotopic (exact) mass is 488 g/mol. The highest BCUT2D eigenvalue weighted by Crippen LogP contribution is 2.41. The number of amides is 2. The van der Waals surface area contributed by atoms with Gasteiger partial charge < -0.3 is 4.90 Å². The van der Waals surface area contributed by atoms with Crippen LogP contribution in [0.2, 0.25) is 0 Å². The van der Waals surface area contributed by atoms with Crippen LogP contribution in [0.3, 0.4) is 0 Å². The summed E-state index contributed by atoms with van der Waals surface area (Å²) in [6.45, 7) is 0. The lowest BCUT2D eigenvalue weighted by molar-refractivity contribution is -0.131. The molecule has 0 bridgehead atoms. The van der Waals surface area contributed by atoms with E-state index in [2.05, 4.69) is 4.98 Å². The number of carbonyl (C=O) groups excluding carboxylic acids is 2. The van der Waals surface area contributed by atoms with Crippen molar-refractivity contribution in [3.8, 4) is 0 Å². The van der Waals surface area contributed by atoms with Crippen molar-refractivity contribution in [2.45, 2.75) is 17.5 Å². The molecule has 2 aromatic carbocycles. The molecule has 2 amide bonds. The summed E-state index contributed by atoms with van der Waals surface area (Å²) < 4.78 is 36.2. The molecule has 2 atom stereocenters. The molecule has 10 heteroatoms. The number of aromatic nitrogens is 1. The number of para-hydroxylation sites is 1. The summed E-state index contributed by atoms with van der Waals surface area (Å²) in [7, 11) is 4.57. The molecule has 1 aliphatic heterocycles. The minimum absolute atomic E-state index is 0.262. The SMILES string of the molecule is CN(C(=O)c1ccc(F)cc1)[C@H]1Cc2ccccc2[N+](C)(c2ccc(S(=O)(=O)Cl)nc2)C1=O.